The molecule has 2 aliphatic rings. The zero-order valence-electron chi connectivity index (χ0n) is 17.2. The fourth-order valence-corrected chi connectivity index (χ4v) is 5.36. The first kappa shape index (κ1) is 20.2. The number of nitrogens with zero attached hydrogens (tertiary/aromatic N) is 4. The summed E-state index contributed by atoms with van der Waals surface area (Å²) in [6, 6.07) is 5.22. The van der Waals surface area contributed by atoms with Gasteiger partial charge in [-0.2, -0.15) is 0 Å². The topological polar surface area (TPSA) is 60.2 Å². The minimum Gasteiger partial charge on any atom is -0.496 e. The van der Waals surface area contributed by atoms with E-state index in [1.807, 2.05) is 11.2 Å². The third-order valence-electron chi connectivity index (χ3n) is 6.60. The average molecular weight is 417 g/mol. The van der Waals surface area contributed by atoms with Crippen LogP contribution in [-0.4, -0.2) is 45.8 Å². The number of carbonyl (C=O) groups excluding carboxylic acids is 1. The minimum atomic E-state index is 0.00696. The molecule has 0 bridgehead atoms. The number of hydrogen-bond acceptors (Lipinski definition) is 4. The lowest BCUT2D eigenvalue weighted by Gasteiger charge is -2.37. The quantitative estimate of drug-likeness (QED) is 0.717. The second kappa shape index (κ2) is 8.34. The number of rotatable bonds is 5. The summed E-state index contributed by atoms with van der Waals surface area (Å²) in [6.07, 6.45) is 8.85. The Hall–Kier alpha value is -2.08. The third-order valence-corrected chi connectivity index (χ3v) is 6.84. The number of methoxy groups -OCH3 is 1. The van der Waals surface area contributed by atoms with E-state index in [9.17, 15) is 4.79 Å². The largest absolute Gasteiger partial charge is 0.496 e. The van der Waals surface area contributed by atoms with Gasteiger partial charge in [-0.05, 0) is 42.9 Å². The Balaban J connectivity index is 1.67. The maximum absolute atomic E-state index is 13.4. The minimum absolute atomic E-state index is 0.00696. The molecule has 1 aliphatic carbocycles. The molecule has 0 radical (unpaired) electrons. The van der Waals surface area contributed by atoms with Crippen molar-refractivity contribution in [2.45, 2.75) is 57.9 Å². The zero-order valence-corrected chi connectivity index (χ0v) is 18.0. The van der Waals surface area contributed by atoms with Gasteiger partial charge in [-0.15, -0.1) is 10.2 Å². The maximum Gasteiger partial charge on any atom is 0.257 e. The van der Waals surface area contributed by atoms with E-state index in [0.29, 0.717) is 22.9 Å². The molecular weight excluding hydrogens is 388 g/mol. The Morgan fingerprint density at radius 1 is 1.31 bits per heavy atom. The second-order valence-electron chi connectivity index (χ2n) is 8.39. The Morgan fingerprint density at radius 2 is 2.10 bits per heavy atom. The second-order valence-corrected chi connectivity index (χ2v) is 8.82. The first-order valence-electron chi connectivity index (χ1n) is 10.6. The fraction of sp³-hybridized carbons (Fsp3) is 0.591. The van der Waals surface area contributed by atoms with Crippen molar-refractivity contribution in [2.24, 2.45) is 5.41 Å². The van der Waals surface area contributed by atoms with E-state index in [4.69, 9.17) is 16.3 Å². The summed E-state index contributed by atoms with van der Waals surface area (Å²) in [7, 11) is 1.57. The molecular formula is C22H29ClN4O2. The van der Waals surface area contributed by atoms with Crippen molar-refractivity contribution in [1.29, 1.82) is 0 Å². The van der Waals surface area contributed by atoms with Gasteiger partial charge in [0.1, 0.15) is 17.9 Å². The van der Waals surface area contributed by atoms with E-state index < -0.39 is 0 Å². The number of benzene rings is 1. The third kappa shape index (κ3) is 3.75. The van der Waals surface area contributed by atoms with Crippen molar-refractivity contribution in [3.63, 3.8) is 0 Å². The Kier molecular flexibility index (Phi) is 5.81. The van der Waals surface area contributed by atoms with Gasteiger partial charge in [0.05, 0.1) is 12.7 Å². The van der Waals surface area contributed by atoms with Gasteiger partial charge < -0.3 is 14.2 Å². The smallest absolute Gasteiger partial charge is 0.257 e. The number of hydrogen-bond donors (Lipinski definition) is 0. The molecule has 2 fully saturated rings. The highest BCUT2D eigenvalue weighted by atomic mass is 35.5. The summed E-state index contributed by atoms with van der Waals surface area (Å²) in [6.45, 7) is 4.51. The molecule has 6 nitrogen and oxygen atoms in total. The van der Waals surface area contributed by atoms with E-state index in [1.54, 1.807) is 25.3 Å². The molecule has 1 aliphatic heterocycles. The van der Waals surface area contributed by atoms with Crippen molar-refractivity contribution in [2.75, 3.05) is 20.2 Å². The zero-order chi connectivity index (χ0) is 20.4. The van der Waals surface area contributed by atoms with Crippen molar-refractivity contribution in [3.05, 3.63) is 40.9 Å². The van der Waals surface area contributed by atoms with E-state index in [1.165, 1.54) is 19.3 Å². The van der Waals surface area contributed by atoms with Crippen molar-refractivity contribution < 1.29 is 9.53 Å². The summed E-state index contributed by atoms with van der Waals surface area (Å²) in [5.41, 5.74) is 0.657. The normalized spacial score (nSPS) is 20.9. The standard InChI is InChI=1S/C22H29ClN4O2/c1-3-11-26-15-24-25-20(26)18-13-27(14-22(18)9-5-4-6-10-22)21(28)17-8-7-16(23)12-19(17)29-2/h7-8,12,15,18H,3-6,9-11,13-14H2,1-2H3. The number of amides is 1. The number of aryl methyl sites for hydroxylation is 1. The van der Waals surface area contributed by atoms with Crippen molar-refractivity contribution >= 4 is 17.5 Å². The Bertz CT molecular complexity index is 875. The highest BCUT2D eigenvalue weighted by Crippen LogP contribution is 2.52. The number of ether oxygens (including phenoxy) is 1. The lowest BCUT2D eigenvalue weighted by atomic mass is 9.67. The van der Waals surface area contributed by atoms with Gasteiger partial charge in [-0.1, -0.05) is 37.8 Å². The van der Waals surface area contributed by atoms with Crippen LogP contribution in [0.2, 0.25) is 5.02 Å². The SMILES string of the molecule is CCCn1cnnc1C1CN(C(=O)c2ccc(Cl)cc2OC)CC12CCCCC2. The summed E-state index contributed by atoms with van der Waals surface area (Å²) >= 11 is 6.09. The molecule has 4 rings (SSSR count). The van der Waals surface area contributed by atoms with Gasteiger partial charge in [0.2, 0.25) is 0 Å². The molecule has 1 saturated carbocycles. The molecule has 0 N–H and O–H groups in total. The fourth-order valence-electron chi connectivity index (χ4n) is 5.20. The Labute approximate surface area is 177 Å². The van der Waals surface area contributed by atoms with E-state index in [-0.39, 0.29) is 17.2 Å². The molecule has 7 heteroatoms. The molecule has 1 aromatic carbocycles. The van der Waals surface area contributed by atoms with Gasteiger partial charge in [0.15, 0.2) is 0 Å². The van der Waals surface area contributed by atoms with Gasteiger partial charge in [-0.3, -0.25) is 4.79 Å². The monoisotopic (exact) mass is 416 g/mol. The molecule has 29 heavy (non-hydrogen) atoms. The highest BCUT2D eigenvalue weighted by molar-refractivity contribution is 6.30. The first-order valence-corrected chi connectivity index (χ1v) is 11.0. The van der Waals surface area contributed by atoms with E-state index in [0.717, 1.165) is 38.2 Å². The molecule has 1 aromatic heterocycles. The van der Waals surface area contributed by atoms with Crippen LogP contribution in [0.4, 0.5) is 0 Å². The van der Waals surface area contributed by atoms with Gasteiger partial charge in [0, 0.05) is 30.6 Å². The molecule has 1 amide bonds. The van der Waals surface area contributed by atoms with E-state index >= 15 is 0 Å². The average Bonchev–Trinajstić information content (AvgIpc) is 3.33. The van der Waals surface area contributed by atoms with Crippen LogP contribution in [0.25, 0.3) is 0 Å². The molecule has 1 unspecified atom stereocenters. The Morgan fingerprint density at radius 3 is 2.83 bits per heavy atom. The van der Waals surface area contributed by atoms with Crippen LogP contribution < -0.4 is 4.74 Å². The molecule has 2 heterocycles. The number of likely N-dealkylation sites (tertiary alicyclic amines) is 1. The summed E-state index contributed by atoms with van der Waals surface area (Å²) in [5.74, 6) is 1.79. The lowest BCUT2D eigenvalue weighted by molar-refractivity contribution is 0.0755. The van der Waals surface area contributed by atoms with Crippen LogP contribution in [0.15, 0.2) is 24.5 Å². The van der Waals surface area contributed by atoms with Crippen LogP contribution >= 0.6 is 11.6 Å². The van der Waals surface area contributed by atoms with Gasteiger partial charge >= 0.3 is 0 Å². The molecule has 1 spiro atoms. The maximum atomic E-state index is 13.4. The van der Waals surface area contributed by atoms with Crippen LogP contribution in [0, 0.1) is 5.41 Å². The molecule has 156 valence electrons. The van der Waals surface area contributed by atoms with E-state index in [2.05, 4.69) is 21.7 Å². The number of aromatic nitrogens is 3. The molecule has 2 aromatic rings. The van der Waals surface area contributed by atoms with Crippen LogP contribution in [-0.2, 0) is 6.54 Å². The molecule has 1 saturated heterocycles. The van der Waals surface area contributed by atoms with Gasteiger partial charge in [0.25, 0.3) is 5.91 Å². The van der Waals surface area contributed by atoms with Crippen LogP contribution in [0.1, 0.15) is 67.5 Å². The van der Waals surface area contributed by atoms with Gasteiger partial charge in [-0.25, -0.2) is 0 Å². The van der Waals surface area contributed by atoms with Crippen LogP contribution in [0.5, 0.6) is 5.75 Å². The predicted molar refractivity (Wildman–Crippen MR) is 112 cm³/mol. The first-order chi connectivity index (χ1) is 14.1. The highest BCUT2D eigenvalue weighted by Gasteiger charge is 2.50. The summed E-state index contributed by atoms with van der Waals surface area (Å²) in [4.78, 5) is 15.4. The number of carbonyl (C=O) groups is 1. The molecule has 1 atom stereocenters. The predicted octanol–water partition coefficient (Wildman–Crippen LogP) is 4.54. The van der Waals surface area contributed by atoms with Crippen molar-refractivity contribution in [1.82, 2.24) is 19.7 Å². The number of halogens is 1. The van der Waals surface area contributed by atoms with Crippen molar-refractivity contribution in [3.8, 4) is 5.75 Å². The summed E-state index contributed by atoms with van der Waals surface area (Å²) < 4.78 is 7.61. The summed E-state index contributed by atoms with van der Waals surface area (Å²) in [5, 5.41) is 9.28. The lowest BCUT2D eigenvalue weighted by Crippen LogP contribution is -2.34. The van der Waals surface area contributed by atoms with Crippen LogP contribution in [0.3, 0.4) is 0 Å².